The lowest BCUT2D eigenvalue weighted by Crippen LogP contribution is -2.11. The van der Waals surface area contributed by atoms with Gasteiger partial charge in [-0.05, 0) is 63.1 Å². The van der Waals surface area contributed by atoms with Crippen LogP contribution in [0.5, 0.6) is 0 Å². The summed E-state index contributed by atoms with van der Waals surface area (Å²) in [5, 5.41) is 12.2. The van der Waals surface area contributed by atoms with Crippen LogP contribution >= 0.6 is 0 Å². The van der Waals surface area contributed by atoms with Crippen LogP contribution in [0.1, 0.15) is 36.1 Å². The number of nitrogens with one attached hydrogen (secondary N) is 2. The van der Waals surface area contributed by atoms with Crippen LogP contribution in [0.3, 0.4) is 0 Å². The summed E-state index contributed by atoms with van der Waals surface area (Å²) in [6.45, 7) is 5.31. The zero-order valence-corrected chi connectivity index (χ0v) is 12.2. The van der Waals surface area contributed by atoms with Crippen molar-refractivity contribution < 1.29 is 0 Å². The van der Waals surface area contributed by atoms with Gasteiger partial charge in [-0.3, -0.25) is 0 Å². The van der Waals surface area contributed by atoms with Gasteiger partial charge in [0.05, 0.1) is 0 Å². The molecule has 1 aliphatic heterocycles. The zero-order valence-electron chi connectivity index (χ0n) is 12.2. The van der Waals surface area contributed by atoms with Gasteiger partial charge < -0.3 is 15.3 Å². The molecule has 1 aliphatic rings. The Bertz CT molecular complexity index is 625. The average molecular weight is 269 g/mol. The fourth-order valence-electron chi connectivity index (χ4n) is 3.27. The smallest absolute Gasteiger partial charge is 0.0486 e. The van der Waals surface area contributed by atoms with E-state index in [1.165, 1.54) is 46.8 Å². The van der Waals surface area contributed by atoms with Gasteiger partial charge in [0.25, 0.3) is 0 Å². The van der Waals surface area contributed by atoms with Gasteiger partial charge in [-0.2, -0.15) is 0 Å². The van der Waals surface area contributed by atoms with E-state index in [-0.39, 0.29) is 0 Å². The lowest BCUT2D eigenvalue weighted by atomic mass is 10.1. The number of benzene rings is 1. The molecule has 1 aromatic carbocycles. The monoisotopic (exact) mass is 269 g/mol. The fraction of sp³-hybridized carbons (Fsp3) is 0.471. The first-order chi connectivity index (χ1) is 9.81. The summed E-state index contributed by atoms with van der Waals surface area (Å²) in [4.78, 5) is 0. The van der Waals surface area contributed by atoms with E-state index in [1.54, 1.807) is 0 Å². The van der Waals surface area contributed by atoms with Crippen LogP contribution in [-0.4, -0.2) is 17.3 Å². The quantitative estimate of drug-likeness (QED) is 0.648. The van der Waals surface area contributed by atoms with E-state index in [0.29, 0.717) is 0 Å². The summed E-state index contributed by atoms with van der Waals surface area (Å²) in [7, 11) is 0. The van der Waals surface area contributed by atoms with Crippen molar-refractivity contribution in [3.8, 4) is 0 Å². The minimum atomic E-state index is 0.874. The lowest BCUT2D eigenvalue weighted by molar-refractivity contribution is 0.637. The van der Waals surface area contributed by atoms with Crippen molar-refractivity contribution in [1.82, 2.24) is 9.88 Å². The Morgan fingerprint density at radius 1 is 1.40 bits per heavy atom. The molecule has 2 heterocycles. The molecule has 0 spiro atoms. The van der Waals surface area contributed by atoms with Crippen LogP contribution < -0.4 is 5.32 Å². The molecule has 0 saturated carbocycles. The molecule has 106 valence electrons. The lowest BCUT2D eigenvalue weighted by Gasteiger charge is -2.10. The van der Waals surface area contributed by atoms with Gasteiger partial charge in [-0.15, -0.1) is 0 Å². The molecule has 3 rings (SSSR count). The molecule has 0 unspecified atom stereocenters. The maximum Gasteiger partial charge on any atom is 0.0486 e. The number of fused-ring (bicyclic) bond motifs is 3. The van der Waals surface area contributed by atoms with Gasteiger partial charge in [-0.1, -0.05) is 11.6 Å². The SMILES string of the molecule is Cc1ccc2c(c1)c1c(n2CCCC=N)CCCNC1. The van der Waals surface area contributed by atoms with Crippen molar-refractivity contribution >= 4 is 17.1 Å². The zero-order chi connectivity index (χ0) is 13.9. The molecule has 0 bridgehead atoms. The third-order valence-corrected chi connectivity index (χ3v) is 4.24. The number of hydrogen-bond donors (Lipinski definition) is 2. The Hall–Kier alpha value is -1.61. The molecule has 1 aromatic heterocycles. The number of aryl methyl sites for hydroxylation is 2. The Morgan fingerprint density at radius 2 is 2.30 bits per heavy atom. The molecule has 3 heteroatoms. The summed E-state index contributed by atoms with van der Waals surface area (Å²) in [6, 6.07) is 6.81. The minimum absolute atomic E-state index is 0.874. The van der Waals surface area contributed by atoms with Crippen molar-refractivity contribution in [2.24, 2.45) is 0 Å². The van der Waals surface area contributed by atoms with E-state index < -0.39 is 0 Å². The largest absolute Gasteiger partial charge is 0.344 e. The summed E-state index contributed by atoms with van der Waals surface area (Å²) in [5.41, 5.74) is 5.71. The van der Waals surface area contributed by atoms with Gasteiger partial charge in [0.2, 0.25) is 0 Å². The number of unbranched alkanes of at least 4 members (excludes halogenated alkanes) is 1. The van der Waals surface area contributed by atoms with Crippen molar-refractivity contribution in [1.29, 1.82) is 5.41 Å². The van der Waals surface area contributed by atoms with E-state index in [1.807, 2.05) is 0 Å². The van der Waals surface area contributed by atoms with Gasteiger partial charge in [0, 0.05) is 29.7 Å². The average Bonchev–Trinajstić information content (AvgIpc) is 2.62. The Balaban J connectivity index is 2.10. The van der Waals surface area contributed by atoms with Crippen LogP contribution in [0.25, 0.3) is 10.9 Å². The topological polar surface area (TPSA) is 40.8 Å². The van der Waals surface area contributed by atoms with Crippen molar-refractivity contribution in [3.63, 3.8) is 0 Å². The van der Waals surface area contributed by atoms with Crippen LogP contribution in [-0.2, 0) is 19.5 Å². The number of rotatable bonds is 4. The van der Waals surface area contributed by atoms with Gasteiger partial charge >= 0.3 is 0 Å². The van der Waals surface area contributed by atoms with Crippen LogP contribution in [0.2, 0.25) is 0 Å². The van der Waals surface area contributed by atoms with Crippen LogP contribution in [0.15, 0.2) is 18.2 Å². The highest BCUT2D eigenvalue weighted by Gasteiger charge is 2.18. The van der Waals surface area contributed by atoms with Crippen molar-refractivity contribution in [3.05, 3.63) is 35.0 Å². The first-order valence-corrected chi connectivity index (χ1v) is 7.61. The second-order valence-corrected chi connectivity index (χ2v) is 5.72. The Kier molecular flexibility index (Phi) is 3.88. The van der Waals surface area contributed by atoms with E-state index >= 15 is 0 Å². The molecule has 0 saturated heterocycles. The molecule has 2 N–H and O–H groups in total. The highest BCUT2D eigenvalue weighted by Crippen LogP contribution is 2.29. The minimum Gasteiger partial charge on any atom is -0.344 e. The highest BCUT2D eigenvalue weighted by atomic mass is 15.0. The fourth-order valence-corrected chi connectivity index (χ4v) is 3.27. The Labute approximate surface area is 120 Å². The predicted molar refractivity (Wildman–Crippen MR) is 84.7 cm³/mol. The molecule has 0 amide bonds. The predicted octanol–water partition coefficient (Wildman–Crippen LogP) is 3.42. The normalized spacial score (nSPS) is 15.1. The molecular formula is C17H23N3. The summed E-state index contributed by atoms with van der Waals surface area (Å²) < 4.78 is 2.50. The van der Waals surface area contributed by atoms with Crippen LogP contribution in [0.4, 0.5) is 0 Å². The van der Waals surface area contributed by atoms with Crippen molar-refractivity contribution in [2.75, 3.05) is 6.54 Å². The molecular weight excluding hydrogens is 246 g/mol. The maximum atomic E-state index is 7.20. The highest BCUT2D eigenvalue weighted by molar-refractivity contribution is 5.86. The molecule has 0 atom stereocenters. The third kappa shape index (κ3) is 2.38. The molecule has 20 heavy (non-hydrogen) atoms. The molecule has 0 radical (unpaired) electrons. The second kappa shape index (κ2) is 5.80. The Morgan fingerprint density at radius 3 is 3.15 bits per heavy atom. The second-order valence-electron chi connectivity index (χ2n) is 5.72. The van der Waals surface area contributed by atoms with E-state index in [4.69, 9.17) is 5.41 Å². The summed E-state index contributed by atoms with van der Waals surface area (Å²) in [5.74, 6) is 0. The number of nitrogens with zero attached hydrogens (tertiary/aromatic N) is 1. The standard InChI is InChI=1S/C17H23N3/c1-13-6-7-17-14(11-13)15-12-19-9-4-5-16(15)20(17)10-3-2-8-18/h6-8,11,18-19H,2-5,9-10,12H2,1H3. The van der Waals surface area contributed by atoms with E-state index in [0.717, 1.165) is 32.5 Å². The number of aromatic nitrogens is 1. The summed E-state index contributed by atoms with van der Waals surface area (Å²) in [6.07, 6.45) is 5.84. The van der Waals surface area contributed by atoms with Crippen LogP contribution in [0, 0.1) is 12.3 Å². The third-order valence-electron chi connectivity index (χ3n) is 4.24. The molecule has 3 nitrogen and oxygen atoms in total. The molecule has 0 fully saturated rings. The van der Waals surface area contributed by atoms with Gasteiger partial charge in [-0.25, -0.2) is 0 Å². The number of hydrogen-bond acceptors (Lipinski definition) is 2. The van der Waals surface area contributed by atoms with Crippen molar-refractivity contribution in [2.45, 2.75) is 45.7 Å². The maximum absolute atomic E-state index is 7.20. The summed E-state index contributed by atoms with van der Waals surface area (Å²) >= 11 is 0. The first-order valence-electron chi connectivity index (χ1n) is 7.61. The van der Waals surface area contributed by atoms with Gasteiger partial charge in [0.1, 0.15) is 0 Å². The molecule has 2 aromatic rings. The first kappa shape index (κ1) is 13.4. The van der Waals surface area contributed by atoms with E-state index in [9.17, 15) is 0 Å². The van der Waals surface area contributed by atoms with Gasteiger partial charge in [0.15, 0.2) is 0 Å². The molecule has 0 aliphatic carbocycles. The van der Waals surface area contributed by atoms with E-state index in [2.05, 4.69) is 35.0 Å².